The van der Waals surface area contributed by atoms with Gasteiger partial charge in [0.15, 0.2) is 11.6 Å². The van der Waals surface area contributed by atoms with Crippen molar-refractivity contribution in [2.75, 3.05) is 13.2 Å². The van der Waals surface area contributed by atoms with Gasteiger partial charge in [-0.15, -0.1) is 0 Å². The van der Waals surface area contributed by atoms with Crippen molar-refractivity contribution >= 4 is 5.97 Å². The summed E-state index contributed by atoms with van der Waals surface area (Å²) >= 11 is 0. The molecule has 0 aliphatic heterocycles. The summed E-state index contributed by atoms with van der Waals surface area (Å²) in [6.07, 6.45) is -0.127. The number of hydrogen-bond donors (Lipinski definition) is 1. The summed E-state index contributed by atoms with van der Waals surface area (Å²) in [4.78, 5) is 11.4. The number of nitrogens with two attached hydrogens (primary N) is 1. The number of carbonyl (C=O) groups excluding carboxylic acids is 1. The molecule has 0 radical (unpaired) electrons. The van der Waals surface area contributed by atoms with Crippen LogP contribution in [0.2, 0.25) is 0 Å². The van der Waals surface area contributed by atoms with E-state index in [1.165, 1.54) is 0 Å². The lowest BCUT2D eigenvalue weighted by Crippen LogP contribution is -2.28. The molecule has 1 aromatic carbocycles. The molecule has 0 bridgehead atoms. The SMILES string of the molecule is CCOC(=O)C(CN)Cc1cc(F)c(F)cc1F. The molecular formula is C12H14F3NO2. The van der Waals surface area contributed by atoms with E-state index >= 15 is 0 Å². The van der Waals surface area contributed by atoms with Crippen molar-refractivity contribution in [2.24, 2.45) is 11.7 Å². The van der Waals surface area contributed by atoms with Gasteiger partial charge in [0.05, 0.1) is 12.5 Å². The third-order valence-corrected chi connectivity index (χ3v) is 2.46. The monoisotopic (exact) mass is 261 g/mol. The predicted octanol–water partition coefficient (Wildman–Crippen LogP) is 1.78. The van der Waals surface area contributed by atoms with Crippen LogP contribution in [0.1, 0.15) is 12.5 Å². The first-order valence-corrected chi connectivity index (χ1v) is 5.49. The third-order valence-electron chi connectivity index (χ3n) is 2.46. The molecule has 18 heavy (non-hydrogen) atoms. The highest BCUT2D eigenvalue weighted by Gasteiger charge is 2.21. The molecule has 1 atom stereocenters. The normalized spacial score (nSPS) is 12.3. The number of benzene rings is 1. The molecule has 1 unspecified atom stereocenters. The van der Waals surface area contributed by atoms with Crippen molar-refractivity contribution in [3.63, 3.8) is 0 Å². The molecule has 0 amide bonds. The van der Waals surface area contributed by atoms with E-state index in [2.05, 4.69) is 0 Å². The van der Waals surface area contributed by atoms with Crippen LogP contribution < -0.4 is 5.73 Å². The Morgan fingerprint density at radius 3 is 2.44 bits per heavy atom. The molecule has 2 N–H and O–H groups in total. The number of rotatable bonds is 5. The van der Waals surface area contributed by atoms with Gasteiger partial charge < -0.3 is 10.5 Å². The van der Waals surface area contributed by atoms with Gasteiger partial charge in [0, 0.05) is 12.6 Å². The molecule has 1 aromatic rings. The van der Waals surface area contributed by atoms with Gasteiger partial charge in [0.1, 0.15) is 5.82 Å². The van der Waals surface area contributed by atoms with Crippen LogP contribution in [0.25, 0.3) is 0 Å². The molecule has 0 aromatic heterocycles. The maximum absolute atomic E-state index is 13.4. The highest BCUT2D eigenvalue weighted by Crippen LogP contribution is 2.17. The van der Waals surface area contributed by atoms with Crippen LogP contribution in [-0.2, 0) is 16.0 Å². The fraction of sp³-hybridized carbons (Fsp3) is 0.417. The van der Waals surface area contributed by atoms with Crippen molar-refractivity contribution < 1.29 is 22.7 Å². The average Bonchev–Trinajstić information content (AvgIpc) is 2.32. The van der Waals surface area contributed by atoms with Gasteiger partial charge >= 0.3 is 5.97 Å². The second-order valence-corrected chi connectivity index (χ2v) is 3.75. The fourth-order valence-corrected chi connectivity index (χ4v) is 1.51. The Balaban J connectivity index is 2.88. The molecule has 0 saturated carbocycles. The topological polar surface area (TPSA) is 52.3 Å². The van der Waals surface area contributed by atoms with Gasteiger partial charge in [-0.25, -0.2) is 13.2 Å². The number of halogens is 3. The van der Waals surface area contributed by atoms with Gasteiger partial charge in [-0.05, 0) is 25.0 Å². The molecule has 0 saturated heterocycles. The van der Waals surface area contributed by atoms with Crippen molar-refractivity contribution in [1.29, 1.82) is 0 Å². The number of hydrogen-bond acceptors (Lipinski definition) is 3. The zero-order valence-electron chi connectivity index (χ0n) is 9.88. The maximum atomic E-state index is 13.4. The summed E-state index contributed by atoms with van der Waals surface area (Å²) in [6, 6.07) is 1.18. The van der Waals surface area contributed by atoms with E-state index < -0.39 is 29.3 Å². The third kappa shape index (κ3) is 3.46. The maximum Gasteiger partial charge on any atom is 0.310 e. The molecule has 100 valence electrons. The highest BCUT2D eigenvalue weighted by molar-refractivity contribution is 5.73. The lowest BCUT2D eigenvalue weighted by atomic mass is 9.99. The quantitative estimate of drug-likeness (QED) is 0.649. The first-order chi connectivity index (χ1) is 8.49. The summed E-state index contributed by atoms with van der Waals surface area (Å²) in [7, 11) is 0. The van der Waals surface area contributed by atoms with E-state index in [9.17, 15) is 18.0 Å². The van der Waals surface area contributed by atoms with Crippen molar-refractivity contribution in [3.05, 3.63) is 35.1 Å². The molecule has 0 fully saturated rings. The Kier molecular flexibility index (Phi) is 5.15. The first-order valence-electron chi connectivity index (χ1n) is 5.49. The fourth-order valence-electron chi connectivity index (χ4n) is 1.51. The molecular weight excluding hydrogens is 247 g/mol. The van der Waals surface area contributed by atoms with E-state index in [1.807, 2.05) is 0 Å². The minimum absolute atomic E-state index is 0.0583. The Hall–Kier alpha value is -1.56. The van der Waals surface area contributed by atoms with Crippen LogP contribution in [0.5, 0.6) is 0 Å². The van der Waals surface area contributed by atoms with Crippen molar-refractivity contribution in [2.45, 2.75) is 13.3 Å². The van der Waals surface area contributed by atoms with Crippen LogP contribution >= 0.6 is 0 Å². The molecule has 0 aliphatic rings. The largest absolute Gasteiger partial charge is 0.466 e. The standard InChI is InChI=1S/C12H14F3NO2/c1-2-18-12(17)8(6-16)3-7-4-10(14)11(15)5-9(7)13/h4-5,8H,2-3,6,16H2,1H3. The molecule has 3 nitrogen and oxygen atoms in total. The van der Waals surface area contributed by atoms with E-state index in [-0.39, 0.29) is 25.1 Å². The van der Waals surface area contributed by atoms with Crippen LogP contribution in [0, 0.1) is 23.4 Å². The van der Waals surface area contributed by atoms with Crippen LogP contribution in [0.3, 0.4) is 0 Å². The lowest BCUT2D eigenvalue weighted by molar-refractivity contribution is -0.147. The van der Waals surface area contributed by atoms with Crippen LogP contribution in [0.4, 0.5) is 13.2 Å². The van der Waals surface area contributed by atoms with Crippen LogP contribution in [-0.4, -0.2) is 19.1 Å². The number of carbonyl (C=O) groups is 1. The van der Waals surface area contributed by atoms with Gasteiger partial charge in [-0.2, -0.15) is 0 Å². The summed E-state index contributed by atoms with van der Waals surface area (Å²) in [6.45, 7) is 1.75. The first kappa shape index (κ1) is 14.5. The van der Waals surface area contributed by atoms with E-state index in [0.717, 1.165) is 6.07 Å². The Labute approximate surface area is 103 Å². The van der Waals surface area contributed by atoms with Crippen LogP contribution in [0.15, 0.2) is 12.1 Å². The summed E-state index contributed by atoms with van der Waals surface area (Å²) in [5, 5.41) is 0. The van der Waals surface area contributed by atoms with E-state index in [1.54, 1.807) is 6.92 Å². The van der Waals surface area contributed by atoms with Gasteiger partial charge in [0.2, 0.25) is 0 Å². The van der Waals surface area contributed by atoms with Gasteiger partial charge in [-0.1, -0.05) is 0 Å². The molecule has 6 heteroatoms. The smallest absolute Gasteiger partial charge is 0.310 e. The second kappa shape index (κ2) is 6.39. The summed E-state index contributed by atoms with van der Waals surface area (Å²) in [5.74, 6) is -4.69. The Morgan fingerprint density at radius 2 is 1.89 bits per heavy atom. The number of ether oxygens (including phenoxy) is 1. The minimum atomic E-state index is -1.27. The van der Waals surface area contributed by atoms with Crippen molar-refractivity contribution in [1.82, 2.24) is 0 Å². The summed E-state index contributed by atoms with van der Waals surface area (Å²) in [5.41, 5.74) is 5.28. The average molecular weight is 261 g/mol. The Bertz CT molecular complexity index is 438. The molecule has 1 rings (SSSR count). The summed E-state index contributed by atoms with van der Waals surface area (Å²) < 4.78 is 43.8. The molecule has 0 heterocycles. The number of esters is 1. The molecule has 0 aliphatic carbocycles. The van der Waals surface area contributed by atoms with E-state index in [4.69, 9.17) is 10.5 Å². The zero-order chi connectivity index (χ0) is 13.7. The highest BCUT2D eigenvalue weighted by atomic mass is 19.2. The second-order valence-electron chi connectivity index (χ2n) is 3.75. The lowest BCUT2D eigenvalue weighted by Gasteiger charge is -2.14. The zero-order valence-corrected chi connectivity index (χ0v) is 9.88. The Morgan fingerprint density at radius 1 is 1.28 bits per heavy atom. The minimum Gasteiger partial charge on any atom is -0.466 e. The van der Waals surface area contributed by atoms with Gasteiger partial charge in [0.25, 0.3) is 0 Å². The predicted molar refractivity (Wildman–Crippen MR) is 59.2 cm³/mol. The van der Waals surface area contributed by atoms with Gasteiger partial charge in [-0.3, -0.25) is 4.79 Å². The van der Waals surface area contributed by atoms with E-state index in [0.29, 0.717) is 6.07 Å². The molecule has 0 spiro atoms. The van der Waals surface area contributed by atoms with Crippen molar-refractivity contribution in [3.8, 4) is 0 Å².